The Balaban J connectivity index is 1.29. The van der Waals surface area contributed by atoms with Crippen LogP contribution in [0.15, 0.2) is 72.9 Å². The first-order valence-corrected chi connectivity index (χ1v) is 19.5. The summed E-state index contributed by atoms with van der Waals surface area (Å²) in [7, 11) is 0. The molecule has 1 saturated carbocycles. The molecule has 296 valence electrons. The van der Waals surface area contributed by atoms with E-state index in [1.165, 1.54) is 6.20 Å². The van der Waals surface area contributed by atoms with Gasteiger partial charge in [-0.2, -0.15) is 0 Å². The molecule has 1 unspecified atom stereocenters. The van der Waals surface area contributed by atoms with Crippen molar-refractivity contribution in [1.29, 1.82) is 0 Å². The number of H-pyrrole nitrogens is 1. The van der Waals surface area contributed by atoms with E-state index < -0.39 is 47.9 Å². The molecule has 1 aliphatic rings. The van der Waals surface area contributed by atoms with Crippen LogP contribution in [0.25, 0.3) is 11.0 Å². The average molecular weight is 757 g/mol. The van der Waals surface area contributed by atoms with E-state index in [9.17, 15) is 24.6 Å². The van der Waals surface area contributed by atoms with Crippen LogP contribution >= 0.6 is 0 Å². The molecule has 0 saturated heterocycles. The summed E-state index contributed by atoms with van der Waals surface area (Å²) in [4.78, 5) is 53.5. The molecule has 4 aromatic rings. The van der Waals surface area contributed by atoms with E-state index in [4.69, 9.17) is 9.47 Å². The minimum absolute atomic E-state index is 0.00213. The topological polar surface area (TPSA) is 188 Å². The van der Waals surface area contributed by atoms with Gasteiger partial charge in [0, 0.05) is 6.20 Å². The summed E-state index contributed by atoms with van der Waals surface area (Å²) in [5.74, 6) is -1.72. The molecule has 13 heteroatoms. The Hall–Kier alpha value is -5.01. The van der Waals surface area contributed by atoms with E-state index in [1.54, 1.807) is 38.1 Å². The van der Waals surface area contributed by atoms with Gasteiger partial charge in [-0.3, -0.25) is 14.4 Å². The molecule has 2 aromatic heterocycles. The van der Waals surface area contributed by atoms with Crippen molar-refractivity contribution in [3.8, 4) is 11.5 Å². The van der Waals surface area contributed by atoms with Gasteiger partial charge in [-0.1, -0.05) is 96.6 Å². The van der Waals surface area contributed by atoms with E-state index in [-0.39, 0.29) is 42.5 Å². The number of imidazole rings is 1. The Morgan fingerprint density at radius 2 is 1.60 bits per heavy atom. The first kappa shape index (κ1) is 41.2. The fourth-order valence-electron chi connectivity index (χ4n) is 7.28. The number of amides is 3. The van der Waals surface area contributed by atoms with Crippen LogP contribution in [-0.4, -0.2) is 74.0 Å². The fraction of sp³-hybridized carbons (Fsp3) is 0.500. The predicted octanol–water partition coefficient (Wildman–Crippen LogP) is 5.28. The summed E-state index contributed by atoms with van der Waals surface area (Å²) in [6.07, 6.45) is 4.45. The van der Waals surface area contributed by atoms with Crippen molar-refractivity contribution in [3.05, 3.63) is 84.4 Å². The minimum Gasteiger partial charge on any atom is -0.458 e. The second kappa shape index (κ2) is 20.1. The number of aliphatic hydroxyl groups excluding tert-OH is 2. The number of aliphatic hydroxyl groups is 2. The highest BCUT2D eigenvalue weighted by Gasteiger charge is 2.41. The number of nitrogens with one attached hydrogen (secondary N) is 4. The maximum atomic E-state index is 14.1. The van der Waals surface area contributed by atoms with Gasteiger partial charge in [0.2, 0.25) is 18.6 Å². The van der Waals surface area contributed by atoms with Crippen LogP contribution in [0, 0.1) is 23.7 Å². The third-order valence-electron chi connectivity index (χ3n) is 10.6. The first-order chi connectivity index (χ1) is 26.5. The maximum absolute atomic E-state index is 14.1. The highest BCUT2D eigenvalue weighted by Crippen LogP contribution is 2.30. The normalized spacial score (nSPS) is 16.7. The monoisotopic (exact) mass is 756 g/mol. The number of benzene rings is 2. The molecule has 2 aromatic carbocycles. The Kier molecular flexibility index (Phi) is 15.0. The van der Waals surface area contributed by atoms with Gasteiger partial charge in [0.1, 0.15) is 23.7 Å². The van der Waals surface area contributed by atoms with Gasteiger partial charge >= 0.3 is 0 Å². The molecular weight excluding hydrogens is 700 g/mol. The van der Waals surface area contributed by atoms with E-state index in [1.807, 2.05) is 56.3 Å². The Morgan fingerprint density at radius 3 is 2.31 bits per heavy atom. The SMILES string of the molecule is CC[C@H](C)[C@H](NC(=O)[C@H](C(C)C)C(O)[C@H](O)[C@H](CC1CCCCC1)NC(=O)c1ncccc1OCOc1ccccc1)C(=O)NCc1nc2ccccc2[nH]1. The number of carbonyl (C=O) groups is 3. The minimum atomic E-state index is -1.57. The third kappa shape index (κ3) is 11.3. The largest absolute Gasteiger partial charge is 0.458 e. The number of hydrogen-bond donors (Lipinski definition) is 6. The van der Waals surface area contributed by atoms with Crippen LogP contribution in [0.3, 0.4) is 0 Å². The molecule has 0 radical (unpaired) electrons. The molecule has 1 aliphatic carbocycles. The summed E-state index contributed by atoms with van der Waals surface area (Å²) in [6, 6.07) is 18.1. The Morgan fingerprint density at radius 1 is 0.873 bits per heavy atom. The zero-order valence-corrected chi connectivity index (χ0v) is 32.2. The van der Waals surface area contributed by atoms with Crippen LogP contribution in [0.4, 0.5) is 0 Å². The van der Waals surface area contributed by atoms with Gasteiger partial charge < -0.3 is 40.6 Å². The Bertz CT molecular complexity index is 1800. The lowest BCUT2D eigenvalue weighted by atomic mass is 9.79. The summed E-state index contributed by atoms with van der Waals surface area (Å²) >= 11 is 0. The van der Waals surface area contributed by atoms with Crippen LogP contribution < -0.4 is 25.4 Å². The molecule has 2 heterocycles. The van der Waals surface area contributed by atoms with Crippen LogP contribution in [0.1, 0.15) is 89.0 Å². The number of hydrogen-bond acceptors (Lipinski definition) is 9. The quantitative estimate of drug-likeness (QED) is 0.0692. The number of aromatic nitrogens is 3. The third-order valence-corrected chi connectivity index (χ3v) is 10.6. The number of para-hydroxylation sites is 3. The lowest BCUT2D eigenvalue weighted by Crippen LogP contribution is -2.57. The van der Waals surface area contributed by atoms with Gasteiger partial charge in [0.15, 0.2) is 11.4 Å². The molecule has 0 bridgehead atoms. The van der Waals surface area contributed by atoms with Crippen molar-refractivity contribution in [3.63, 3.8) is 0 Å². The number of aromatic amines is 1. The van der Waals surface area contributed by atoms with Crippen LogP contribution in [0.5, 0.6) is 11.5 Å². The first-order valence-electron chi connectivity index (χ1n) is 19.5. The molecule has 0 aliphatic heterocycles. The van der Waals surface area contributed by atoms with Crippen molar-refractivity contribution < 1.29 is 34.1 Å². The maximum Gasteiger partial charge on any atom is 0.274 e. The number of ether oxygens (including phenoxy) is 2. The van der Waals surface area contributed by atoms with E-state index in [2.05, 4.69) is 30.9 Å². The molecule has 6 N–H and O–H groups in total. The van der Waals surface area contributed by atoms with Gasteiger partial charge in [0.05, 0.1) is 35.6 Å². The van der Waals surface area contributed by atoms with Gasteiger partial charge in [-0.15, -0.1) is 0 Å². The number of nitrogens with zero attached hydrogens (tertiary/aromatic N) is 2. The molecule has 13 nitrogen and oxygen atoms in total. The molecule has 0 spiro atoms. The molecule has 6 atom stereocenters. The molecule has 5 rings (SSSR count). The van der Waals surface area contributed by atoms with Crippen LogP contribution in [0.2, 0.25) is 0 Å². The Labute approximate surface area is 323 Å². The van der Waals surface area contributed by atoms with Crippen molar-refractivity contribution >= 4 is 28.8 Å². The van der Waals surface area contributed by atoms with Crippen molar-refractivity contribution in [2.24, 2.45) is 23.7 Å². The van der Waals surface area contributed by atoms with E-state index in [0.717, 1.165) is 43.1 Å². The second-order valence-corrected chi connectivity index (χ2v) is 14.9. The molecule has 1 fully saturated rings. The van der Waals surface area contributed by atoms with Crippen molar-refractivity contribution in [2.45, 2.75) is 103 Å². The molecular formula is C42H56N6O7. The zero-order chi connectivity index (χ0) is 39.3. The number of rotatable bonds is 19. The smallest absolute Gasteiger partial charge is 0.274 e. The standard InChI is InChI=1S/C42H56N6O7/c1-5-27(4)36(41(52)44-24-34-45-30-19-12-13-20-31(30)46-34)48-40(51)35(26(2)3)39(50)38(49)32(23-28-15-8-6-9-16-28)47-42(53)37-33(21-14-22-43-37)55-25-54-29-17-10-7-11-18-29/h7,10-14,17-22,26-28,32,35-36,38-39,49-50H,5-6,8-9,15-16,23-25H2,1-4H3,(H,44,52)(H,45,46)(H,47,53)(H,48,51)/t27-,32-,35+,36-,38+,39?/m0/s1. The number of fused-ring (bicyclic) bond motifs is 1. The summed E-state index contributed by atoms with van der Waals surface area (Å²) in [5.41, 5.74) is 1.63. The molecule has 3 amide bonds. The van der Waals surface area contributed by atoms with Crippen molar-refractivity contribution in [1.82, 2.24) is 30.9 Å². The van der Waals surface area contributed by atoms with Crippen LogP contribution in [-0.2, 0) is 16.1 Å². The highest BCUT2D eigenvalue weighted by atomic mass is 16.7. The summed E-state index contributed by atoms with van der Waals surface area (Å²) < 4.78 is 11.4. The van der Waals surface area contributed by atoms with E-state index >= 15 is 0 Å². The number of pyridine rings is 1. The zero-order valence-electron chi connectivity index (χ0n) is 32.2. The lowest BCUT2D eigenvalue weighted by molar-refractivity contribution is -0.140. The summed E-state index contributed by atoms with van der Waals surface area (Å²) in [5, 5.41) is 32.4. The second-order valence-electron chi connectivity index (χ2n) is 14.9. The van der Waals surface area contributed by atoms with Crippen molar-refractivity contribution in [2.75, 3.05) is 6.79 Å². The summed E-state index contributed by atoms with van der Waals surface area (Å²) in [6.45, 7) is 7.34. The number of carbonyl (C=O) groups excluding carboxylic acids is 3. The van der Waals surface area contributed by atoms with E-state index in [0.29, 0.717) is 24.4 Å². The lowest BCUT2D eigenvalue weighted by Gasteiger charge is -2.36. The van der Waals surface area contributed by atoms with Gasteiger partial charge in [0.25, 0.3) is 5.91 Å². The molecule has 55 heavy (non-hydrogen) atoms. The predicted molar refractivity (Wildman–Crippen MR) is 209 cm³/mol. The van der Waals surface area contributed by atoms with Gasteiger partial charge in [-0.25, -0.2) is 9.97 Å². The van der Waals surface area contributed by atoms with Gasteiger partial charge in [-0.05, 0) is 60.6 Å². The highest BCUT2D eigenvalue weighted by molar-refractivity contribution is 5.95. The fourth-order valence-corrected chi connectivity index (χ4v) is 7.28. The average Bonchev–Trinajstić information content (AvgIpc) is 3.62.